The van der Waals surface area contributed by atoms with E-state index >= 15 is 4.39 Å². The van der Waals surface area contributed by atoms with Crippen molar-refractivity contribution in [1.82, 2.24) is 0 Å². The van der Waals surface area contributed by atoms with Crippen LogP contribution in [0.15, 0.2) is 66.7 Å². The highest BCUT2D eigenvalue weighted by molar-refractivity contribution is 5.84. The Kier molecular flexibility index (Phi) is 8.77. The Morgan fingerprint density at radius 2 is 1.32 bits per heavy atom. The topological polar surface area (TPSA) is 9.23 Å². The maximum absolute atomic E-state index is 15.2. The van der Waals surface area contributed by atoms with Gasteiger partial charge in [-0.25, -0.2) is 13.2 Å². The molecule has 0 N–H and O–H groups in total. The maximum atomic E-state index is 15.2. The zero-order valence-corrected chi connectivity index (χ0v) is 21.0. The van der Waals surface area contributed by atoms with Crippen LogP contribution in [0.2, 0.25) is 0 Å². The summed E-state index contributed by atoms with van der Waals surface area (Å²) in [5, 5.41) is 1.10. The van der Waals surface area contributed by atoms with Gasteiger partial charge in [0, 0.05) is 24.7 Å². The molecule has 0 amide bonds. The minimum atomic E-state index is -4.39. The van der Waals surface area contributed by atoms with E-state index < -0.39 is 23.4 Å². The van der Waals surface area contributed by atoms with Crippen molar-refractivity contribution in [1.29, 1.82) is 0 Å². The molecule has 0 aliphatic carbocycles. The lowest BCUT2D eigenvalue weighted by molar-refractivity contribution is -0.137. The average Bonchev–Trinajstić information content (AvgIpc) is 2.88. The Morgan fingerprint density at radius 1 is 0.658 bits per heavy atom. The molecule has 0 spiro atoms. The van der Waals surface area contributed by atoms with Gasteiger partial charge in [-0.1, -0.05) is 42.5 Å². The van der Waals surface area contributed by atoms with Crippen LogP contribution < -0.4 is 0 Å². The molecule has 38 heavy (non-hydrogen) atoms. The lowest BCUT2D eigenvalue weighted by Crippen LogP contribution is -2.04. The fourth-order valence-corrected chi connectivity index (χ4v) is 4.60. The van der Waals surface area contributed by atoms with Crippen molar-refractivity contribution < 1.29 is 31.1 Å². The zero-order valence-electron chi connectivity index (χ0n) is 21.0. The molecule has 0 aromatic heterocycles. The van der Waals surface area contributed by atoms with Gasteiger partial charge < -0.3 is 4.74 Å². The molecule has 0 fully saturated rings. The predicted molar refractivity (Wildman–Crippen MR) is 137 cm³/mol. The Morgan fingerprint density at radius 3 is 1.97 bits per heavy atom. The van der Waals surface area contributed by atoms with Crippen LogP contribution in [0.4, 0.5) is 26.3 Å². The van der Waals surface area contributed by atoms with Gasteiger partial charge in [0.15, 0.2) is 0 Å². The molecule has 1 nitrogen and oxygen atoms in total. The maximum Gasteiger partial charge on any atom is 0.416 e. The molecule has 0 bridgehead atoms. The third-order valence-corrected chi connectivity index (χ3v) is 6.74. The van der Waals surface area contributed by atoms with Gasteiger partial charge in [-0.2, -0.15) is 13.2 Å². The second-order valence-electron chi connectivity index (χ2n) is 9.42. The van der Waals surface area contributed by atoms with Crippen LogP contribution in [0.25, 0.3) is 10.8 Å². The molecule has 4 aromatic rings. The van der Waals surface area contributed by atoms with Crippen molar-refractivity contribution in [2.24, 2.45) is 0 Å². The number of rotatable bonds is 10. The third-order valence-electron chi connectivity index (χ3n) is 6.74. The van der Waals surface area contributed by atoms with Crippen molar-refractivity contribution in [2.75, 3.05) is 13.7 Å². The number of hydrogen-bond acceptors (Lipinski definition) is 1. The van der Waals surface area contributed by atoms with Crippen LogP contribution in [0.5, 0.6) is 0 Å². The number of benzene rings is 4. The van der Waals surface area contributed by atoms with E-state index in [1.807, 2.05) is 6.07 Å². The highest BCUT2D eigenvalue weighted by Crippen LogP contribution is 2.30. The Balaban J connectivity index is 1.42. The molecular formula is C31H28F6O. The minimum absolute atomic E-state index is 0.0328. The smallest absolute Gasteiger partial charge is 0.385 e. The van der Waals surface area contributed by atoms with Crippen molar-refractivity contribution in [3.63, 3.8) is 0 Å². The number of alkyl halides is 3. The molecule has 0 unspecified atom stereocenters. The first-order valence-corrected chi connectivity index (χ1v) is 12.5. The van der Waals surface area contributed by atoms with E-state index in [2.05, 4.69) is 0 Å². The van der Waals surface area contributed by atoms with Gasteiger partial charge in [0.25, 0.3) is 0 Å². The summed E-state index contributed by atoms with van der Waals surface area (Å²) in [7, 11) is 1.58. The van der Waals surface area contributed by atoms with Crippen molar-refractivity contribution in [3.05, 3.63) is 118 Å². The van der Waals surface area contributed by atoms with Crippen LogP contribution >= 0.6 is 0 Å². The third kappa shape index (κ3) is 6.76. The number of hydrogen-bond donors (Lipinski definition) is 0. The molecular weight excluding hydrogens is 502 g/mol. The molecule has 7 heteroatoms. The van der Waals surface area contributed by atoms with E-state index in [0.717, 1.165) is 17.7 Å². The molecule has 0 radical (unpaired) electrons. The first-order valence-electron chi connectivity index (χ1n) is 12.5. The summed E-state index contributed by atoms with van der Waals surface area (Å²) < 4.78 is 87.5. The van der Waals surface area contributed by atoms with Crippen LogP contribution in [0.1, 0.15) is 39.8 Å². The summed E-state index contributed by atoms with van der Waals surface area (Å²) >= 11 is 0. The standard InChI is InChI=1S/C31H28F6O/c1-38-16-2-3-22-18-28(32)27(29(33)19-22)15-8-21-7-14-26-24(17-21)11-10-23(30(26)34)9-4-20-5-12-25(13-6-20)31(35,36)37/h5-7,10-14,17-19H,2-4,8-9,15-16H2,1H3. The molecule has 200 valence electrons. The monoisotopic (exact) mass is 530 g/mol. The predicted octanol–water partition coefficient (Wildman–Crippen LogP) is 8.43. The summed E-state index contributed by atoms with van der Waals surface area (Å²) in [6, 6.07) is 16.3. The minimum Gasteiger partial charge on any atom is -0.385 e. The van der Waals surface area contributed by atoms with Gasteiger partial charge >= 0.3 is 6.18 Å². The highest BCUT2D eigenvalue weighted by atomic mass is 19.4. The van der Waals surface area contributed by atoms with E-state index in [9.17, 15) is 22.0 Å². The molecule has 4 rings (SSSR count). The van der Waals surface area contributed by atoms with E-state index in [0.29, 0.717) is 66.2 Å². The van der Waals surface area contributed by atoms with Crippen LogP contribution in [0, 0.1) is 17.5 Å². The highest BCUT2D eigenvalue weighted by Gasteiger charge is 2.29. The molecule has 0 heterocycles. The number of fused-ring (bicyclic) bond motifs is 1. The molecule has 0 atom stereocenters. The van der Waals surface area contributed by atoms with Gasteiger partial charge in [0.2, 0.25) is 0 Å². The molecule has 0 saturated carbocycles. The summed E-state index contributed by atoms with van der Waals surface area (Å²) in [4.78, 5) is 0. The second-order valence-corrected chi connectivity index (χ2v) is 9.42. The summed E-state index contributed by atoms with van der Waals surface area (Å²) in [6.07, 6.45) is -1.86. The second kappa shape index (κ2) is 12.0. The van der Waals surface area contributed by atoms with Crippen LogP contribution in [-0.2, 0) is 43.0 Å². The van der Waals surface area contributed by atoms with Crippen LogP contribution in [-0.4, -0.2) is 13.7 Å². The van der Waals surface area contributed by atoms with Gasteiger partial charge in [-0.05, 0) is 90.4 Å². The SMILES string of the molecule is COCCCc1cc(F)c(CCc2ccc3c(F)c(CCc4ccc(C(F)(F)F)cc4)ccc3c2)c(F)c1. The fourth-order valence-electron chi connectivity index (χ4n) is 4.60. The number of ether oxygens (including phenoxy) is 1. The normalized spacial score (nSPS) is 11.9. The Labute approximate surface area is 218 Å². The average molecular weight is 531 g/mol. The first-order chi connectivity index (χ1) is 18.2. The van der Waals surface area contributed by atoms with Gasteiger partial charge in [-0.15, -0.1) is 0 Å². The Hall–Kier alpha value is -3.32. The molecule has 0 saturated heterocycles. The van der Waals surface area contributed by atoms with Crippen LogP contribution in [0.3, 0.4) is 0 Å². The number of aryl methyl sites for hydroxylation is 4. The summed E-state index contributed by atoms with van der Waals surface area (Å²) in [5.41, 5.74) is 1.91. The quantitative estimate of drug-likeness (QED) is 0.148. The lowest BCUT2D eigenvalue weighted by atomic mass is 9.96. The Bertz CT molecular complexity index is 1370. The first kappa shape index (κ1) is 27.7. The molecule has 0 aliphatic rings. The van der Waals surface area contributed by atoms with Crippen molar-refractivity contribution in [3.8, 4) is 0 Å². The van der Waals surface area contributed by atoms with Crippen molar-refractivity contribution >= 4 is 10.8 Å². The van der Waals surface area contributed by atoms with E-state index in [4.69, 9.17) is 4.74 Å². The summed E-state index contributed by atoms with van der Waals surface area (Å²) in [5.74, 6) is -1.51. The van der Waals surface area contributed by atoms with Crippen molar-refractivity contribution in [2.45, 2.75) is 44.7 Å². The lowest BCUT2D eigenvalue weighted by Gasteiger charge is -2.11. The van der Waals surface area contributed by atoms with E-state index in [1.54, 1.807) is 31.4 Å². The largest absolute Gasteiger partial charge is 0.416 e. The summed E-state index contributed by atoms with van der Waals surface area (Å²) in [6.45, 7) is 0.522. The zero-order chi connectivity index (χ0) is 27.3. The molecule has 0 aliphatic heterocycles. The number of halogens is 6. The molecule has 4 aromatic carbocycles. The van der Waals surface area contributed by atoms with E-state index in [-0.39, 0.29) is 17.8 Å². The van der Waals surface area contributed by atoms with Gasteiger partial charge in [-0.3, -0.25) is 0 Å². The van der Waals surface area contributed by atoms with Gasteiger partial charge in [0.1, 0.15) is 17.5 Å². The fraction of sp³-hybridized carbons (Fsp3) is 0.290. The van der Waals surface area contributed by atoms with E-state index in [1.165, 1.54) is 24.3 Å². The number of methoxy groups -OCH3 is 1. The van der Waals surface area contributed by atoms with Gasteiger partial charge in [0.05, 0.1) is 5.56 Å².